The molecule has 3 heteroatoms. The quantitative estimate of drug-likeness (QED) is 0.722. The van der Waals surface area contributed by atoms with Crippen LogP contribution in [0.5, 0.6) is 11.5 Å². The molecule has 0 saturated heterocycles. The maximum Gasteiger partial charge on any atom is 0.234 e. The molecule has 0 aliphatic carbocycles. The summed E-state index contributed by atoms with van der Waals surface area (Å²) >= 11 is 0. The fraction of sp³-hybridized carbons (Fsp3) is 0.455. The summed E-state index contributed by atoms with van der Waals surface area (Å²) in [5.74, 6) is 1.54. The molecule has 0 aromatic heterocycles. The first-order chi connectivity index (χ1) is 6.75. The van der Waals surface area contributed by atoms with Crippen molar-refractivity contribution in [3.8, 4) is 11.5 Å². The van der Waals surface area contributed by atoms with E-state index in [-0.39, 0.29) is 12.4 Å². The Morgan fingerprint density at radius 2 is 2.00 bits per heavy atom. The Morgan fingerprint density at radius 1 is 1.29 bits per heavy atom. The summed E-state index contributed by atoms with van der Waals surface area (Å²) in [6, 6.07) is 7.61. The van der Waals surface area contributed by atoms with E-state index in [1.165, 1.54) is 0 Å². The zero-order valence-electron chi connectivity index (χ0n) is 8.40. The molecule has 1 aliphatic heterocycles. The number of hydrogen-bond donors (Lipinski definition) is 0. The molecule has 0 N–H and O–H groups in total. The Bertz CT molecular complexity index is 309. The van der Waals surface area contributed by atoms with E-state index in [0.717, 1.165) is 11.5 Å². The van der Waals surface area contributed by atoms with Gasteiger partial charge in [0.15, 0.2) is 18.1 Å². The highest BCUT2D eigenvalue weighted by molar-refractivity contribution is 5.40. The predicted molar refractivity (Wildman–Crippen MR) is 52.6 cm³/mol. The predicted octanol–water partition coefficient (Wildman–Crippen LogP) is 2.21. The van der Waals surface area contributed by atoms with E-state index in [0.29, 0.717) is 6.61 Å². The fourth-order valence-corrected chi connectivity index (χ4v) is 1.37. The monoisotopic (exact) mass is 194 g/mol. The Balaban J connectivity index is 2.06. The van der Waals surface area contributed by atoms with Crippen LogP contribution in [0, 0.1) is 0 Å². The van der Waals surface area contributed by atoms with Crippen molar-refractivity contribution < 1.29 is 14.2 Å². The van der Waals surface area contributed by atoms with E-state index in [9.17, 15) is 0 Å². The molecule has 1 atom stereocenters. The van der Waals surface area contributed by atoms with Crippen molar-refractivity contribution in [2.24, 2.45) is 0 Å². The van der Waals surface area contributed by atoms with Gasteiger partial charge in [-0.05, 0) is 26.0 Å². The van der Waals surface area contributed by atoms with Gasteiger partial charge in [-0.1, -0.05) is 12.1 Å². The van der Waals surface area contributed by atoms with E-state index in [4.69, 9.17) is 14.2 Å². The lowest BCUT2D eigenvalue weighted by Crippen LogP contribution is -2.33. The van der Waals surface area contributed by atoms with E-state index in [1.54, 1.807) is 0 Å². The van der Waals surface area contributed by atoms with Crippen molar-refractivity contribution in [1.82, 2.24) is 0 Å². The molecule has 1 aromatic carbocycles. The molecular formula is C11H14O3. The summed E-state index contributed by atoms with van der Waals surface area (Å²) in [5, 5.41) is 0. The van der Waals surface area contributed by atoms with Crippen molar-refractivity contribution in [3.05, 3.63) is 24.3 Å². The third-order valence-corrected chi connectivity index (χ3v) is 1.91. The van der Waals surface area contributed by atoms with E-state index in [1.807, 2.05) is 38.1 Å². The van der Waals surface area contributed by atoms with Gasteiger partial charge in [0.1, 0.15) is 0 Å². The first-order valence-corrected chi connectivity index (χ1v) is 4.79. The lowest BCUT2D eigenvalue weighted by atomic mass is 10.3. The van der Waals surface area contributed by atoms with Crippen molar-refractivity contribution >= 4 is 0 Å². The number of para-hydroxylation sites is 2. The smallest absolute Gasteiger partial charge is 0.234 e. The number of benzene rings is 1. The van der Waals surface area contributed by atoms with Crippen molar-refractivity contribution in [3.63, 3.8) is 0 Å². The molecule has 1 unspecified atom stereocenters. The van der Waals surface area contributed by atoms with Crippen LogP contribution in [0.3, 0.4) is 0 Å². The maximum absolute atomic E-state index is 5.60. The standard InChI is InChI=1S/C11H14O3/c1-8(2)13-11-7-12-9-5-3-4-6-10(9)14-11/h3-6,8,11H,7H2,1-2H3. The van der Waals surface area contributed by atoms with Gasteiger partial charge in [0.25, 0.3) is 0 Å². The number of ether oxygens (including phenoxy) is 3. The molecule has 2 rings (SSSR count). The zero-order valence-corrected chi connectivity index (χ0v) is 8.40. The first kappa shape index (κ1) is 9.34. The third kappa shape index (κ3) is 1.99. The van der Waals surface area contributed by atoms with Crippen molar-refractivity contribution in [1.29, 1.82) is 0 Å². The molecule has 3 nitrogen and oxygen atoms in total. The second kappa shape index (κ2) is 3.88. The van der Waals surface area contributed by atoms with Crippen molar-refractivity contribution in [2.45, 2.75) is 26.2 Å². The normalized spacial score (nSPS) is 19.8. The highest BCUT2D eigenvalue weighted by Gasteiger charge is 2.21. The van der Waals surface area contributed by atoms with Gasteiger partial charge in [0.05, 0.1) is 6.10 Å². The molecule has 1 aliphatic rings. The van der Waals surface area contributed by atoms with Crippen LogP contribution < -0.4 is 9.47 Å². The maximum atomic E-state index is 5.60. The summed E-state index contributed by atoms with van der Waals surface area (Å²) in [6.07, 6.45) is -0.140. The van der Waals surface area contributed by atoms with Crippen molar-refractivity contribution in [2.75, 3.05) is 6.61 Å². The van der Waals surface area contributed by atoms with Crippen LogP contribution in [0.25, 0.3) is 0 Å². The van der Waals surface area contributed by atoms with Gasteiger partial charge >= 0.3 is 0 Å². The van der Waals surface area contributed by atoms with Gasteiger partial charge in [-0.2, -0.15) is 0 Å². The first-order valence-electron chi connectivity index (χ1n) is 4.79. The Labute approximate surface area is 83.6 Å². The largest absolute Gasteiger partial charge is 0.483 e. The van der Waals surface area contributed by atoms with Gasteiger partial charge in [-0.25, -0.2) is 0 Å². The van der Waals surface area contributed by atoms with E-state index >= 15 is 0 Å². The minimum Gasteiger partial charge on any atom is -0.483 e. The molecule has 0 fully saturated rings. The summed E-state index contributed by atoms with van der Waals surface area (Å²) in [4.78, 5) is 0. The lowest BCUT2D eigenvalue weighted by Gasteiger charge is -2.27. The molecule has 0 amide bonds. The van der Waals surface area contributed by atoms with Crippen LogP contribution in [0.2, 0.25) is 0 Å². The summed E-state index contributed by atoms with van der Waals surface area (Å²) < 4.78 is 16.6. The minimum absolute atomic E-state index is 0.147. The zero-order chi connectivity index (χ0) is 9.97. The molecule has 0 radical (unpaired) electrons. The average Bonchev–Trinajstić information content (AvgIpc) is 2.17. The SMILES string of the molecule is CC(C)OC1COc2ccccc2O1. The van der Waals surface area contributed by atoms with Crippen LogP contribution in [-0.2, 0) is 4.74 Å². The molecule has 14 heavy (non-hydrogen) atoms. The fourth-order valence-electron chi connectivity index (χ4n) is 1.37. The highest BCUT2D eigenvalue weighted by atomic mass is 16.7. The minimum atomic E-state index is -0.287. The van der Waals surface area contributed by atoms with Crippen LogP contribution >= 0.6 is 0 Å². The molecule has 1 aromatic rings. The van der Waals surface area contributed by atoms with E-state index in [2.05, 4.69) is 0 Å². The molecule has 0 spiro atoms. The Kier molecular flexibility index (Phi) is 2.59. The van der Waals surface area contributed by atoms with Gasteiger partial charge < -0.3 is 14.2 Å². The van der Waals surface area contributed by atoms with Gasteiger partial charge in [-0.15, -0.1) is 0 Å². The molecule has 76 valence electrons. The van der Waals surface area contributed by atoms with E-state index < -0.39 is 0 Å². The average molecular weight is 194 g/mol. The number of hydrogen-bond acceptors (Lipinski definition) is 3. The van der Waals surface area contributed by atoms with Gasteiger partial charge in [0, 0.05) is 0 Å². The summed E-state index contributed by atoms with van der Waals surface area (Å²) in [6.45, 7) is 4.41. The van der Waals surface area contributed by atoms with Crippen LogP contribution in [-0.4, -0.2) is 19.0 Å². The van der Waals surface area contributed by atoms with Crippen LogP contribution in [0.4, 0.5) is 0 Å². The molecule has 0 saturated carbocycles. The van der Waals surface area contributed by atoms with Crippen LogP contribution in [0.1, 0.15) is 13.8 Å². The Morgan fingerprint density at radius 3 is 2.71 bits per heavy atom. The Hall–Kier alpha value is -1.22. The highest BCUT2D eigenvalue weighted by Crippen LogP contribution is 2.31. The van der Waals surface area contributed by atoms with Crippen LogP contribution in [0.15, 0.2) is 24.3 Å². The molecular weight excluding hydrogens is 180 g/mol. The van der Waals surface area contributed by atoms with Gasteiger partial charge in [-0.3, -0.25) is 0 Å². The summed E-state index contributed by atoms with van der Waals surface area (Å²) in [7, 11) is 0. The lowest BCUT2D eigenvalue weighted by molar-refractivity contribution is -0.138. The number of fused-ring (bicyclic) bond motifs is 1. The van der Waals surface area contributed by atoms with Gasteiger partial charge in [0.2, 0.25) is 6.29 Å². The number of rotatable bonds is 2. The summed E-state index contributed by atoms with van der Waals surface area (Å²) in [5.41, 5.74) is 0. The third-order valence-electron chi connectivity index (χ3n) is 1.91. The molecule has 0 bridgehead atoms. The molecule has 1 heterocycles. The topological polar surface area (TPSA) is 27.7 Å². The second-order valence-electron chi connectivity index (χ2n) is 3.49. The second-order valence-corrected chi connectivity index (χ2v) is 3.49.